The molecular weight excluding hydrogens is 515 g/mol. The molecule has 10 nitrogen and oxygen atoms in total. The van der Waals surface area contributed by atoms with Gasteiger partial charge in [-0.2, -0.15) is 18.3 Å². The van der Waals surface area contributed by atoms with Crippen molar-refractivity contribution in [3.05, 3.63) is 82.2 Å². The maximum Gasteiger partial charge on any atom is 0.418 e. The zero-order valence-electron chi connectivity index (χ0n) is 21.6. The fourth-order valence-electron chi connectivity index (χ4n) is 4.50. The molecule has 39 heavy (non-hydrogen) atoms. The number of hydrogen-bond donors (Lipinski definition) is 2. The first kappa shape index (κ1) is 26.2. The van der Waals surface area contributed by atoms with Gasteiger partial charge in [0.2, 0.25) is 0 Å². The normalized spacial score (nSPS) is 12.4. The van der Waals surface area contributed by atoms with Gasteiger partial charge >= 0.3 is 6.18 Å². The number of nitrogens with zero attached hydrogens (tertiary/aromatic N) is 6. The Balaban J connectivity index is 1.56. The van der Waals surface area contributed by atoms with E-state index in [-0.39, 0.29) is 30.0 Å². The summed E-state index contributed by atoms with van der Waals surface area (Å²) in [6.07, 6.45) is 2.45. The number of aromatic amines is 1. The summed E-state index contributed by atoms with van der Waals surface area (Å²) in [7, 11) is 2.97. The molecule has 0 unspecified atom stereocenters. The minimum atomic E-state index is -4.61. The first-order chi connectivity index (χ1) is 18.4. The molecule has 0 atom stereocenters. The van der Waals surface area contributed by atoms with E-state index >= 15 is 0 Å². The van der Waals surface area contributed by atoms with E-state index in [0.717, 1.165) is 6.20 Å². The summed E-state index contributed by atoms with van der Waals surface area (Å²) in [6, 6.07) is 5.08. The summed E-state index contributed by atoms with van der Waals surface area (Å²) >= 11 is 0. The lowest BCUT2D eigenvalue weighted by atomic mass is 10.1. The monoisotopic (exact) mass is 541 g/mol. The SMILES string of the molecule is COc1c[nH]nc1Cn1cc(Cn2c3cc(-c4cnc(C(C)(C)O)nc4)ccc3c(=O)n2C)c(C(F)(F)F)c1. The van der Waals surface area contributed by atoms with Crippen LogP contribution in [0.15, 0.2) is 54.0 Å². The Hall–Kier alpha value is -4.39. The predicted molar refractivity (Wildman–Crippen MR) is 136 cm³/mol. The van der Waals surface area contributed by atoms with Crippen molar-refractivity contribution in [1.82, 2.24) is 34.1 Å². The van der Waals surface area contributed by atoms with E-state index in [9.17, 15) is 23.1 Å². The van der Waals surface area contributed by atoms with Gasteiger partial charge in [-0.15, -0.1) is 0 Å². The Morgan fingerprint density at radius 2 is 1.79 bits per heavy atom. The highest BCUT2D eigenvalue weighted by molar-refractivity contribution is 5.84. The molecule has 0 radical (unpaired) electrons. The van der Waals surface area contributed by atoms with E-state index in [4.69, 9.17) is 4.74 Å². The first-order valence-electron chi connectivity index (χ1n) is 11.9. The fraction of sp³-hybridized carbons (Fsp3) is 0.308. The quantitative estimate of drug-likeness (QED) is 0.325. The molecule has 0 amide bonds. The molecule has 13 heteroatoms. The first-order valence-corrected chi connectivity index (χ1v) is 11.9. The molecule has 204 valence electrons. The van der Waals surface area contributed by atoms with Crippen LogP contribution in [0.25, 0.3) is 22.0 Å². The van der Waals surface area contributed by atoms with Crippen LogP contribution in [0.3, 0.4) is 0 Å². The minimum Gasteiger partial charge on any atom is -0.493 e. The number of rotatable bonds is 7. The molecule has 4 heterocycles. The van der Waals surface area contributed by atoms with Crippen molar-refractivity contribution in [2.75, 3.05) is 7.11 Å². The van der Waals surface area contributed by atoms with Crippen molar-refractivity contribution in [1.29, 1.82) is 0 Å². The average molecular weight is 542 g/mol. The van der Waals surface area contributed by atoms with Gasteiger partial charge in [-0.1, -0.05) is 6.07 Å². The van der Waals surface area contributed by atoms with Gasteiger partial charge in [0.15, 0.2) is 11.6 Å². The molecule has 0 aliphatic carbocycles. The summed E-state index contributed by atoms with van der Waals surface area (Å²) in [5, 5.41) is 17.2. The third-order valence-corrected chi connectivity index (χ3v) is 6.51. The number of ether oxygens (including phenoxy) is 1. The number of aromatic nitrogens is 7. The van der Waals surface area contributed by atoms with Gasteiger partial charge in [0.1, 0.15) is 11.3 Å². The number of nitrogens with one attached hydrogen (secondary N) is 1. The number of halogens is 3. The lowest BCUT2D eigenvalue weighted by Gasteiger charge is -2.15. The number of methoxy groups -OCH3 is 1. The Kier molecular flexibility index (Phi) is 6.33. The van der Waals surface area contributed by atoms with Gasteiger partial charge in [0, 0.05) is 43.0 Å². The summed E-state index contributed by atoms with van der Waals surface area (Å²) in [5.41, 5.74) is -0.149. The highest BCUT2D eigenvalue weighted by atomic mass is 19.4. The number of alkyl halides is 3. The van der Waals surface area contributed by atoms with E-state index in [1.54, 1.807) is 44.4 Å². The maximum atomic E-state index is 14.0. The third kappa shape index (κ3) is 4.92. The molecule has 0 aliphatic heterocycles. The highest BCUT2D eigenvalue weighted by Gasteiger charge is 2.35. The number of benzene rings is 1. The van der Waals surface area contributed by atoms with Crippen molar-refractivity contribution >= 4 is 10.9 Å². The molecule has 0 saturated carbocycles. The van der Waals surface area contributed by atoms with Crippen molar-refractivity contribution in [3.8, 4) is 16.9 Å². The van der Waals surface area contributed by atoms with Crippen molar-refractivity contribution in [3.63, 3.8) is 0 Å². The topological polar surface area (TPSA) is 116 Å². The summed E-state index contributed by atoms with van der Waals surface area (Å²) in [5.74, 6) is 0.685. The molecule has 4 aromatic heterocycles. The van der Waals surface area contributed by atoms with Gasteiger partial charge < -0.3 is 14.4 Å². The van der Waals surface area contributed by atoms with Crippen molar-refractivity contribution in [2.24, 2.45) is 7.05 Å². The summed E-state index contributed by atoms with van der Waals surface area (Å²) in [4.78, 5) is 21.4. The Bertz CT molecular complexity index is 1700. The molecule has 5 aromatic rings. The van der Waals surface area contributed by atoms with Gasteiger partial charge in [-0.25, -0.2) is 9.97 Å². The third-order valence-electron chi connectivity index (χ3n) is 6.51. The van der Waals surface area contributed by atoms with Crippen LogP contribution in [-0.2, 0) is 31.9 Å². The number of H-pyrrole nitrogens is 1. The Morgan fingerprint density at radius 1 is 1.08 bits per heavy atom. The minimum absolute atomic E-state index is 0.00670. The van der Waals surface area contributed by atoms with Crippen LogP contribution in [0.4, 0.5) is 13.2 Å². The standard InChI is InChI=1S/C26H26F3N7O3/c1-25(2,38)24-30-8-16(9-31-24)15-5-6-18-21(7-15)36(34(3)23(18)37)12-17-11-35(13-19(17)26(27,28)29)14-20-22(39-4)10-32-33-20/h5-11,13,38H,12,14H2,1-4H3,(H,32,33). The van der Waals surface area contributed by atoms with E-state index in [2.05, 4.69) is 20.2 Å². The summed E-state index contributed by atoms with van der Waals surface area (Å²) in [6.45, 7) is 3.01. The molecule has 0 aliphatic rings. The van der Waals surface area contributed by atoms with Crippen LogP contribution >= 0.6 is 0 Å². The van der Waals surface area contributed by atoms with Crippen LogP contribution < -0.4 is 10.3 Å². The van der Waals surface area contributed by atoms with Crippen LogP contribution in [0.1, 0.15) is 36.5 Å². The van der Waals surface area contributed by atoms with Gasteiger partial charge in [0.05, 0.1) is 42.9 Å². The van der Waals surface area contributed by atoms with Crippen LogP contribution in [-0.4, -0.2) is 46.3 Å². The number of aliphatic hydroxyl groups is 1. The molecule has 0 bridgehead atoms. The maximum absolute atomic E-state index is 14.0. The molecule has 0 saturated heterocycles. The second-order valence-electron chi connectivity index (χ2n) is 9.74. The van der Waals surface area contributed by atoms with Crippen LogP contribution in [0.2, 0.25) is 0 Å². The van der Waals surface area contributed by atoms with Gasteiger partial charge in [0.25, 0.3) is 5.56 Å². The van der Waals surface area contributed by atoms with Crippen molar-refractivity contribution < 1.29 is 23.0 Å². The average Bonchev–Trinajstić information content (AvgIpc) is 3.57. The van der Waals surface area contributed by atoms with Crippen molar-refractivity contribution in [2.45, 2.75) is 38.7 Å². The zero-order chi connectivity index (χ0) is 28.1. The lowest BCUT2D eigenvalue weighted by Crippen LogP contribution is -2.20. The van der Waals surface area contributed by atoms with E-state index in [1.807, 2.05) is 0 Å². The molecule has 2 N–H and O–H groups in total. The largest absolute Gasteiger partial charge is 0.493 e. The van der Waals surface area contributed by atoms with Gasteiger partial charge in [-0.3, -0.25) is 19.3 Å². The van der Waals surface area contributed by atoms with E-state index < -0.39 is 17.3 Å². The predicted octanol–water partition coefficient (Wildman–Crippen LogP) is 3.67. The highest BCUT2D eigenvalue weighted by Crippen LogP contribution is 2.34. The Morgan fingerprint density at radius 3 is 2.44 bits per heavy atom. The van der Waals surface area contributed by atoms with E-state index in [0.29, 0.717) is 33.5 Å². The zero-order valence-corrected chi connectivity index (χ0v) is 21.6. The molecule has 1 aromatic carbocycles. The smallest absolute Gasteiger partial charge is 0.418 e. The second-order valence-corrected chi connectivity index (χ2v) is 9.74. The van der Waals surface area contributed by atoms with E-state index in [1.165, 1.54) is 40.5 Å². The molecular formula is C26H26F3N7O3. The number of fused-ring (bicyclic) bond motifs is 1. The van der Waals surface area contributed by atoms with Crippen LogP contribution in [0, 0.1) is 0 Å². The second kappa shape index (κ2) is 9.42. The molecule has 0 fully saturated rings. The Labute approximate surface area is 220 Å². The fourth-order valence-corrected chi connectivity index (χ4v) is 4.50. The molecule has 5 rings (SSSR count). The van der Waals surface area contributed by atoms with Crippen LogP contribution in [0.5, 0.6) is 5.75 Å². The lowest BCUT2D eigenvalue weighted by molar-refractivity contribution is -0.138. The number of hydrogen-bond acceptors (Lipinski definition) is 6. The summed E-state index contributed by atoms with van der Waals surface area (Å²) < 4.78 is 51.5. The van der Waals surface area contributed by atoms with Gasteiger partial charge in [-0.05, 0) is 31.5 Å². The molecule has 0 spiro atoms.